The van der Waals surface area contributed by atoms with E-state index in [2.05, 4.69) is 25.6 Å². The number of ether oxygens (including phenoxy) is 1. The number of nitrogens with one attached hydrogen (secondary N) is 2. The van der Waals surface area contributed by atoms with Crippen molar-refractivity contribution in [2.75, 3.05) is 17.2 Å². The summed E-state index contributed by atoms with van der Waals surface area (Å²) in [5.74, 6) is -0.256. The number of esters is 1. The van der Waals surface area contributed by atoms with Crippen molar-refractivity contribution in [3.05, 3.63) is 78.0 Å². The first-order valence-electron chi connectivity index (χ1n) is 8.70. The van der Waals surface area contributed by atoms with Crippen LogP contribution in [0.4, 0.5) is 11.5 Å². The number of pyridine rings is 1. The van der Waals surface area contributed by atoms with Gasteiger partial charge in [0.15, 0.2) is 0 Å². The fourth-order valence-electron chi connectivity index (χ4n) is 2.32. The smallest absolute Gasteiger partial charge is 0.338 e. The molecular weight excluding hydrogens is 358 g/mol. The van der Waals surface area contributed by atoms with Gasteiger partial charge in [-0.05, 0) is 43.3 Å². The Bertz CT molecular complexity index is 928. The molecule has 2 heterocycles. The van der Waals surface area contributed by atoms with Crippen LogP contribution in [0.15, 0.2) is 61.1 Å². The number of benzene rings is 1. The summed E-state index contributed by atoms with van der Waals surface area (Å²) in [7, 11) is 0. The molecule has 0 spiro atoms. The number of hydrogen-bond donors (Lipinski definition) is 2. The second-order valence-corrected chi connectivity index (χ2v) is 5.71. The summed E-state index contributed by atoms with van der Waals surface area (Å²) in [4.78, 5) is 36.5. The fraction of sp³-hybridized carbons (Fsp3) is 0.150. The predicted molar refractivity (Wildman–Crippen MR) is 104 cm³/mol. The van der Waals surface area contributed by atoms with Crippen molar-refractivity contribution in [2.45, 2.75) is 13.5 Å². The van der Waals surface area contributed by atoms with Crippen LogP contribution >= 0.6 is 0 Å². The van der Waals surface area contributed by atoms with E-state index in [0.29, 0.717) is 30.2 Å². The summed E-state index contributed by atoms with van der Waals surface area (Å²) in [5, 5.41) is 5.80. The third-order valence-corrected chi connectivity index (χ3v) is 3.72. The third-order valence-electron chi connectivity index (χ3n) is 3.72. The van der Waals surface area contributed by atoms with E-state index in [1.807, 2.05) is 18.2 Å². The molecule has 0 unspecified atom stereocenters. The number of carbonyl (C=O) groups excluding carboxylic acids is 2. The van der Waals surface area contributed by atoms with Crippen molar-refractivity contribution in [2.24, 2.45) is 0 Å². The minimum Gasteiger partial charge on any atom is -0.462 e. The van der Waals surface area contributed by atoms with Gasteiger partial charge in [-0.3, -0.25) is 9.78 Å². The monoisotopic (exact) mass is 377 g/mol. The Balaban J connectivity index is 1.56. The molecule has 1 amide bonds. The van der Waals surface area contributed by atoms with E-state index in [0.717, 1.165) is 5.69 Å². The van der Waals surface area contributed by atoms with Crippen molar-refractivity contribution < 1.29 is 14.3 Å². The number of aromatic nitrogens is 3. The SMILES string of the molecule is CCOC(=O)c1ccc(NC(=O)c2cnc(NCc3ccccn3)cn2)cc1. The van der Waals surface area contributed by atoms with Crippen molar-refractivity contribution in [1.82, 2.24) is 15.0 Å². The quantitative estimate of drug-likeness (QED) is 0.610. The molecule has 142 valence electrons. The summed E-state index contributed by atoms with van der Waals surface area (Å²) in [5.41, 5.74) is 2.01. The van der Waals surface area contributed by atoms with Crippen LogP contribution in [-0.4, -0.2) is 33.4 Å². The zero-order valence-corrected chi connectivity index (χ0v) is 15.3. The number of nitrogens with zero attached hydrogens (tertiary/aromatic N) is 3. The fourth-order valence-corrected chi connectivity index (χ4v) is 2.32. The predicted octanol–water partition coefficient (Wildman–Crippen LogP) is 2.91. The summed E-state index contributed by atoms with van der Waals surface area (Å²) in [6.45, 7) is 2.56. The van der Waals surface area contributed by atoms with Gasteiger partial charge in [-0.1, -0.05) is 6.07 Å². The Morgan fingerprint density at radius 3 is 2.46 bits per heavy atom. The lowest BCUT2D eigenvalue weighted by Gasteiger charge is -2.07. The highest BCUT2D eigenvalue weighted by molar-refractivity contribution is 6.03. The molecule has 0 aliphatic heterocycles. The van der Waals surface area contributed by atoms with E-state index in [-0.39, 0.29) is 5.69 Å². The highest BCUT2D eigenvalue weighted by Gasteiger charge is 2.10. The van der Waals surface area contributed by atoms with E-state index >= 15 is 0 Å². The Morgan fingerprint density at radius 2 is 1.82 bits per heavy atom. The molecule has 0 radical (unpaired) electrons. The van der Waals surface area contributed by atoms with E-state index in [9.17, 15) is 9.59 Å². The topological polar surface area (TPSA) is 106 Å². The molecule has 3 aromatic rings. The van der Waals surface area contributed by atoms with E-state index in [1.54, 1.807) is 37.4 Å². The number of rotatable bonds is 7. The highest BCUT2D eigenvalue weighted by Crippen LogP contribution is 2.12. The lowest BCUT2D eigenvalue weighted by Crippen LogP contribution is -2.15. The van der Waals surface area contributed by atoms with E-state index in [1.165, 1.54) is 12.4 Å². The maximum absolute atomic E-state index is 12.3. The molecule has 2 N–H and O–H groups in total. The zero-order chi connectivity index (χ0) is 19.8. The zero-order valence-electron chi connectivity index (χ0n) is 15.3. The van der Waals surface area contributed by atoms with Gasteiger partial charge in [0, 0.05) is 11.9 Å². The molecule has 8 nitrogen and oxygen atoms in total. The first-order chi connectivity index (χ1) is 13.7. The molecule has 8 heteroatoms. The maximum Gasteiger partial charge on any atom is 0.338 e. The molecule has 0 aliphatic rings. The minimum absolute atomic E-state index is 0.179. The van der Waals surface area contributed by atoms with E-state index < -0.39 is 11.9 Å². The van der Waals surface area contributed by atoms with Crippen molar-refractivity contribution in [1.29, 1.82) is 0 Å². The molecule has 0 fully saturated rings. The lowest BCUT2D eigenvalue weighted by molar-refractivity contribution is 0.0526. The van der Waals surface area contributed by atoms with Crippen LogP contribution in [-0.2, 0) is 11.3 Å². The average molecular weight is 377 g/mol. The first kappa shape index (κ1) is 19.0. The van der Waals surface area contributed by atoms with Crippen LogP contribution in [0.3, 0.4) is 0 Å². The molecule has 0 bridgehead atoms. The van der Waals surface area contributed by atoms with Gasteiger partial charge in [0.1, 0.15) is 11.5 Å². The van der Waals surface area contributed by atoms with Gasteiger partial charge in [-0.2, -0.15) is 0 Å². The lowest BCUT2D eigenvalue weighted by atomic mass is 10.2. The molecule has 3 rings (SSSR count). The van der Waals surface area contributed by atoms with Crippen LogP contribution in [0.25, 0.3) is 0 Å². The summed E-state index contributed by atoms with van der Waals surface area (Å²) in [6.07, 6.45) is 4.60. The standard InChI is InChI=1S/C20H19N5O3/c1-2-28-20(27)14-6-8-15(9-7-14)25-19(26)17-12-24-18(13-22-17)23-11-16-5-3-4-10-21-16/h3-10,12-13H,2,11H2,1H3,(H,23,24)(H,25,26). The largest absolute Gasteiger partial charge is 0.462 e. The minimum atomic E-state index is -0.403. The number of carbonyl (C=O) groups is 2. The second-order valence-electron chi connectivity index (χ2n) is 5.71. The van der Waals surface area contributed by atoms with Crippen molar-refractivity contribution in [3.8, 4) is 0 Å². The summed E-state index contributed by atoms with van der Waals surface area (Å²) in [6, 6.07) is 12.1. The van der Waals surface area contributed by atoms with Crippen LogP contribution in [0.2, 0.25) is 0 Å². The normalized spacial score (nSPS) is 10.2. The van der Waals surface area contributed by atoms with Crippen LogP contribution in [0.1, 0.15) is 33.5 Å². The van der Waals surface area contributed by atoms with Crippen LogP contribution in [0.5, 0.6) is 0 Å². The Hall–Kier alpha value is -3.81. The number of amides is 1. The molecule has 28 heavy (non-hydrogen) atoms. The number of hydrogen-bond acceptors (Lipinski definition) is 7. The third kappa shape index (κ3) is 5.10. The molecular formula is C20H19N5O3. The molecule has 0 saturated carbocycles. The number of anilines is 2. The molecule has 0 aliphatic carbocycles. The first-order valence-corrected chi connectivity index (χ1v) is 8.70. The van der Waals surface area contributed by atoms with Gasteiger partial charge in [0.2, 0.25) is 0 Å². The molecule has 0 atom stereocenters. The van der Waals surface area contributed by atoms with Crippen molar-refractivity contribution >= 4 is 23.4 Å². The van der Waals surface area contributed by atoms with Gasteiger partial charge in [-0.15, -0.1) is 0 Å². The molecule has 0 saturated heterocycles. The highest BCUT2D eigenvalue weighted by atomic mass is 16.5. The van der Waals surface area contributed by atoms with Gasteiger partial charge < -0.3 is 15.4 Å². The second kappa shape index (κ2) is 9.22. The van der Waals surface area contributed by atoms with Crippen LogP contribution < -0.4 is 10.6 Å². The van der Waals surface area contributed by atoms with Gasteiger partial charge >= 0.3 is 5.97 Å². The summed E-state index contributed by atoms with van der Waals surface area (Å²) >= 11 is 0. The van der Waals surface area contributed by atoms with Gasteiger partial charge in [0.25, 0.3) is 5.91 Å². The van der Waals surface area contributed by atoms with Gasteiger partial charge in [0.05, 0.1) is 36.8 Å². The van der Waals surface area contributed by atoms with E-state index in [4.69, 9.17) is 4.74 Å². The Kier molecular flexibility index (Phi) is 6.25. The maximum atomic E-state index is 12.3. The molecule has 2 aromatic heterocycles. The van der Waals surface area contributed by atoms with Gasteiger partial charge in [-0.25, -0.2) is 14.8 Å². The van der Waals surface area contributed by atoms with Crippen molar-refractivity contribution in [3.63, 3.8) is 0 Å². The average Bonchev–Trinajstić information content (AvgIpc) is 2.74. The Labute approximate surface area is 162 Å². The Morgan fingerprint density at radius 1 is 1.00 bits per heavy atom. The summed E-state index contributed by atoms with van der Waals surface area (Å²) < 4.78 is 4.92. The molecule has 1 aromatic carbocycles. The van der Waals surface area contributed by atoms with Crippen LogP contribution in [0, 0.1) is 0 Å².